The zero-order chi connectivity index (χ0) is 22.9. The molecular weight excluding hydrogens is 462 g/mol. The van der Waals surface area contributed by atoms with Crippen molar-refractivity contribution in [1.82, 2.24) is 10.2 Å². The lowest BCUT2D eigenvalue weighted by molar-refractivity contribution is 0.0530. The number of carbonyl (C=O) groups is 2. The van der Waals surface area contributed by atoms with Crippen LogP contribution in [0.3, 0.4) is 0 Å². The van der Waals surface area contributed by atoms with Crippen molar-refractivity contribution in [3.05, 3.63) is 76.6 Å². The molecule has 7 nitrogen and oxygen atoms in total. The van der Waals surface area contributed by atoms with Crippen molar-refractivity contribution in [2.24, 2.45) is 0 Å². The van der Waals surface area contributed by atoms with Crippen LogP contribution in [0.4, 0.5) is 9.80 Å². The van der Waals surface area contributed by atoms with Crippen LogP contribution in [-0.4, -0.2) is 35.5 Å². The lowest BCUT2D eigenvalue weighted by Gasteiger charge is -2.14. The SMILES string of the molecule is CCOC(=O)c1c(NC(=O)OCC2c3ccccc3-c3ccccc32)sc2c(Cl)nncc12. The van der Waals surface area contributed by atoms with E-state index >= 15 is 0 Å². The van der Waals surface area contributed by atoms with Gasteiger partial charge in [-0.15, -0.1) is 16.4 Å². The Bertz CT molecular complexity index is 1340. The quantitative estimate of drug-likeness (QED) is 0.359. The summed E-state index contributed by atoms with van der Waals surface area (Å²) in [6.45, 7) is 2.05. The van der Waals surface area contributed by atoms with Crippen molar-refractivity contribution < 1.29 is 19.1 Å². The zero-order valence-electron chi connectivity index (χ0n) is 17.5. The van der Waals surface area contributed by atoms with Gasteiger partial charge in [-0.05, 0) is 29.2 Å². The highest BCUT2D eigenvalue weighted by atomic mass is 35.5. The first kappa shape index (κ1) is 21.4. The maximum absolute atomic E-state index is 12.7. The Hall–Kier alpha value is -3.49. The van der Waals surface area contributed by atoms with Crippen LogP contribution in [0, 0.1) is 0 Å². The van der Waals surface area contributed by atoms with Crippen LogP contribution in [0.5, 0.6) is 0 Å². The van der Waals surface area contributed by atoms with Crippen LogP contribution in [0.25, 0.3) is 21.2 Å². The molecule has 9 heteroatoms. The molecule has 4 aromatic rings. The largest absolute Gasteiger partial charge is 0.462 e. The van der Waals surface area contributed by atoms with Gasteiger partial charge in [0.05, 0.1) is 17.5 Å². The molecule has 0 atom stereocenters. The van der Waals surface area contributed by atoms with Gasteiger partial charge in [-0.3, -0.25) is 5.32 Å². The van der Waals surface area contributed by atoms with Crippen molar-refractivity contribution in [3.8, 4) is 11.1 Å². The van der Waals surface area contributed by atoms with Gasteiger partial charge in [-0.25, -0.2) is 9.59 Å². The number of amides is 1. The van der Waals surface area contributed by atoms with Crippen molar-refractivity contribution in [3.63, 3.8) is 0 Å². The number of esters is 1. The fraction of sp³-hybridized carbons (Fsp3) is 0.167. The molecule has 0 bridgehead atoms. The number of rotatable bonds is 5. The number of anilines is 1. The number of halogens is 1. The maximum Gasteiger partial charge on any atom is 0.412 e. The van der Waals surface area contributed by atoms with E-state index in [2.05, 4.69) is 27.6 Å². The molecule has 2 heterocycles. The first-order valence-corrected chi connectivity index (χ1v) is 11.5. The predicted molar refractivity (Wildman–Crippen MR) is 127 cm³/mol. The van der Waals surface area contributed by atoms with E-state index in [0.717, 1.165) is 33.6 Å². The molecule has 1 aliphatic rings. The minimum Gasteiger partial charge on any atom is -0.462 e. The van der Waals surface area contributed by atoms with Gasteiger partial charge in [0.2, 0.25) is 0 Å². The fourth-order valence-corrected chi connectivity index (χ4v) is 5.41. The predicted octanol–water partition coefficient (Wildman–Crippen LogP) is 5.88. The molecule has 33 heavy (non-hydrogen) atoms. The van der Waals surface area contributed by atoms with E-state index in [4.69, 9.17) is 21.1 Å². The lowest BCUT2D eigenvalue weighted by atomic mass is 9.98. The van der Waals surface area contributed by atoms with E-state index in [1.54, 1.807) is 6.92 Å². The second-order valence-corrected chi connectivity index (χ2v) is 8.73. The van der Waals surface area contributed by atoms with Crippen LogP contribution in [0.15, 0.2) is 54.7 Å². The molecule has 0 spiro atoms. The molecule has 166 valence electrons. The van der Waals surface area contributed by atoms with Crippen molar-refractivity contribution in [2.75, 3.05) is 18.5 Å². The number of fused-ring (bicyclic) bond motifs is 4. The number of nitrogens with one attached hydrogen (secondary N) is 1. The Morgan fingerprint density at radius 3 is 2.39 bits per heavy atom. The number of nitrogens with zero attached hydrogens (tertiary/aromatic N) is 2. The van der Waals surface area contributed by atoms with Crippen LogP contribution < -0.4 is 5.32 Å². The smallest absolute Gasteiger partial charge is 0.412 e. The summed E-state index contributed by atoms with van der Waals surface area (Å²) in [5.41, 5.74) is 4.70. The Morgan fingerprint density at radius 1 is 1.06 bits per heavy atom. The summed E-state index contributed by atoms with van der Waals surface area (Å²) in [6.07, 6.45) is 0.748. The summed E-state index contributed by atoms with van der Waals surface area (Å²) in [5.74, 6) is -0.653. The highest BCUT2D eigenvalue weighted by Crippen LogP contribution is 2.44. The van der Waals surface area contributed by atoms with Gasteiger partial charge in [-0.1, -0.05) is 60.1 Å². The molecule has 0 aliphatic heterocycles. The minimum atomic E-state index is -0.675. The molecule has 0 saturated heterocycles. The maximum atomic E-state index is 12.7. The van der Waals surface area contributed by atoms with E-state index in [9.17, 15) is 9.59 Å². The summed E-state index contributed by atoms with van der Waals surface area (Å²) in [5, 5.41) is 11.2. The van der Waals surface area contributed by atoms with Crippen LogP contribution >= 0.6 is 22.9 Å². The highest BCUT2D eigenvalue weighted by molar-refractivity contribution is 7.24. The van der Waals surface area contributed by atoms with Crippen LogP contribution in [0.2, 0.25) is 5.15 Å². The zero-order valence-corrected chi connectivity index (χ0v) is 19.1. The summed E-state index contributed by atoms with van der Waals surface area (Å²) in [6, 6.07) is 16.2. The Morgan fingerprint density at radius 2 is 1.73 bits per heavy atom. The van der Waals surface area contributed by atoms with Crippen LogP contribution in [-0.2, 0) is 9.47 Å². The lowest BCUT2D eigenvalue weighted by Crippen LogP contribution is -2.19. The summed E-state index contributed by atoms with van der Waals surface area (Å²) >= 11 is 7.27. The minimum absolute atomic E-state index is 0.0714. The van der Waals surface area contributed by atoms with Gasteiger partial charge < -0.3 is 9.47 Å². The van der Waals surface area contributed by atoms with Gasteiger partial charge in [-0.2, -0.15) is 5.10 Å². The topological polar surface area (TPSA) is 90.4 Å². The first-order valence-electron chi connectivity index (χ1n) is 10.3. The number of hydrogen-bond donors (Lipinski definition) is 1. The highest BCUT2D eigenvalue weighted by Gasteiger charge is 2.30. The second-order valence-electron chi connectivity index (χ2n) is 7.36. The van der Waals surface area contributed by atoms with Crippen LogP contribution in [0.1, 0.15) is 34.3 Å². The number of carbonyl (C=O) groups excluding carboxylic acids is 2. The Balaban J connectivity index is 1.39. The summed E-state index contributed by atoms with van der Waals surface area (Å²) in [7, 11) is 0. The molecule has 2 aromatic heterocycles. The number of thiophene rings is 1. The molecule has 1 aliphatic carbocycles. The third-order valence-electron chi connectivity index (χ3n) is 5.50. The van der Waals surface area contributed by atoms with Gasteiger partial charge in [0.1, 0.15) is 17.2 Å². The Kier molecular flexibility index (Phi) is 5.70. The molecule has 5 rings (SSSR count). The molecule has 2 aromatic carbocycles. The normalized spacial score (nSPS) is 12.3. The first-order chi connectivity index (χ1) is 16.1. The third kappa shape index (κ3) is 3.81. The van der Waals surface area contributed by atoms with E-state index in [1.807, 2.05) is 36.4 Å². The molecule has 0 radical (unpaired) electrons. The van der Waals surface area contributed by atoms with E-state index in [1.165, 1.54) is 6.20 Å². The third-order valence-corrected chi connectivity index (χ3v) is 7.01. The molecular formula is C24H18ClN3O4S. The van der Waals surface area contributed by atoms with Gasteiger partial charge in [0, 0.05) is 11.3 Å². The molecule has 1 amide bonds. The molecule has 0 fully saturated rings. The fourth-order valence-electron chi connectivity index (χ4n) is 4.12. The molecule has 0 unspecified atom stereocenters. The number of benzene rings is 2. The van der Waals surface area contributed by atoms with E-state index in [0.29, 0.717) is 10.1 Å². The Labute approximate surface area is 198 Å². The molecule has 1 N–H and O–H groups in total. The number of aromatic nitrogens is 2. The summed E-state index contributed by atoms with van der Waals surface area (Å²) in [4.78, 5) is 25.3. The van der Waals surface area contributed by atoms with Crippen molar-refractivity contribution >= 4 is 50.1 Å². The average molecular weight is 480 g/mol. The van der Waals surface area contributed by atoms with Crippen molar-refractivity contribution in [1.29, 1.82) is 0 Å². The number of ether oxygens (including phenoxy) is 2. The van der Waals surface area contributed by atoms with E-state index < -0.39 is 12.1 Å². The standard InChI is InChI=1S/C24H18ClN3O4S/c1-2-31-23(29)19-17-11-26-28-21(25)20(17)33-22(19)27-24(30)32-12-18-15-9-5-3-7-13(15)14-8-4-6-10-16(14)18/h3-11,18H,2,12H2,1H3,(H,27,30). The number of hydrogen-bond acceptors (Lipinski definition) is 7. The van der Waals surface area contributed by atoms with Gasteiger partial charge >= 0.3 is 12.1 Å². The summed E-state index contributed by atoms with van der Waals surface area (Å²) < 4.78 is 11.3. The average Bonchev–Trinajstić information content (AvgIpc) is 3.34. The van der Waals surface area contributed by atoms with Crippen molar-refractivity contribution in [2.45, 2.75) is 12.8 Å². The van der Waals surface area contributed by atoms with Gasteiger partial charge in [0.15, 0.2) is 5.15 Å². The second kappa shape index (κ2) is 8.80. The monoisotopic (exact) mass is 479 g/mol. The van der Waals surface area contributed by atoms with E-state index in [-0.39, 0.29) is 34.8 Å². The van der Waals surface area contributed by atoms with Gasteiger partial charge in [0.25, 0.3) is 0 Å². The molecule has 0 saturated carbocycles.